The summed E-state index contributed by atoms with van der Waals surface area (Å²) >= 11 is 0. The van der Waals surface area contributed by atoms with Crippen LogP contribution in [0.1, 0.15) is 69.9 Å². The molecule has 21 heavy (non-hydrogen) atoms. The molecule has 0 amide bonds. The summed E-state index contributed by atoms with van der Waals surface area (Å²) in [6.07, 6.45) is 5.11. The lowest BCUT2D eigenvalue weighted by Crippen LogP contribution is -2.38. The number of aliphatic hydroxyl groups excluding tert-OH is 1. The Bertz CT molecular complexity index is 453. The number of hydrogen-bond acceptors (Lipinski definition) is 2. The van der Waals surface area contributed by atoms with Gasteiger partial charge >= 0.3 is 0 Å². The van der Waals surface area contributed by atoms with Crippen LogP contribution in [-0.2, 0) is 0 Å². The summed E-state index contributed by atoms with van der Waals surface area (Å²) in [5.41, 5.74) is 2.65. The topological polar surface area (TPSA) is 29.5 Å². The van der Waals surface area contributed by atoms with E-state index in [2.05, 4.69) is 45.9 Å². The van der Waals surface area contributed by atoms with Gasteiger partial charge in [-0.15, -0.1) is 0 Å². The molecule has 118 valence electrons. The lowest BCUT2D eigenvalue weighted by Gasteiger charge is -2.33. The zero-order chi connectivity index (χ0) is 15.4. The van der Waals surface area contributed by atoms with Crippen LogP contribution in [0.5, 0.6) is 5.75 Å². The van der Waals surface area contributed by atoms with E-state index < -0.39 is 0 Å². The molecule has 1 aliphatic carbocycles. The molecular formula is C19H30O2. The average Bonchev–Trinajstić information content (AvgIpc) is 2.42. The van der Waals surface area contributed by atoms with Crippen molar-refractivity contribution in [2.75, 3.05) is 0 Å². The van der Waals surface area contributed by atoms with Crippen molar-refractivity contribution >= 4 is 0 Å². The Labute approximate surface area is 129 Å². The number of rotatable bonds is 5. The lowest BCUT2D eigenvalue weighted by molar-refractivity contribution is -0.0117. The third-order valence-electron chi connectivity index (χ3n) is 4.71. The predicted octanol–water partition coefficient (Wildman–Crippen LogP) is 4.83. The summed E-state index contributed by atoms with van der Waals surface area (Å²) in [7, 11) is 0. The molecule has 1 saturated carbocycles. The average molecular weight is 290 g/mol. The van der Waals surface area contributed by atoms with Crippen LogP contribution in [0.4, 0.5) is 0 Å². The van der Waals surface area contributed by atoms with Gasteiger partial charge < -0.3 is 9.84 Å². The second-order valence-electron chi connectivity index (χ2n) is 6.86. The molecule has 0 aliphatic heterocycles. The SMILES string of the molecule is CCCC1CCC(O)C(Oc2ccc(C(C)C)c(C)c2)C1. The molecule has 1 fully saturated rings. The first-order valence-electron chi connectivity index (χ1n) is 8.46. The Morgan fingerprint density at radius 3 is 2.67 bits per heavy atom. The Kier molecular flexibility index (Phi) is 5.69. The molecule has 2 rings (SSSR count). The Morgan fingerprint density at radius 1 is 1.29 bits per heavy atom. The van der Waals surface area contributed by atoms with Crippen molar-refractivity contribution in [3.05, 3.63) is 29.3 Å². The Morgan fingerprint density at radius 2 is 2.05 bits per heavy atom. The van der Waals surface area contributed by atoms with Gasteiger partial charge in [0.25, 0.3) is 0 Å². The van der Waals surface area contributed by atoms with E-state index >= 15 is 0 Å². The minimum absolute atomic E-state index is 0.0420. The molecule has 3 unspecified atom stereocenters. The van der Waals surface area contributed by atoms with Gasteiger partial charge in [-0.3, -0.25) is 0 Å². The molecule has 3 atom stereocenters. The highest BCUT2D eigenvalue weighted by Crippen LogP contribution is 2.32. The first-order valence-corrected chi connectivity index (χ1v) is 8.46. The van der Waals surface area contributed by atoms with Gasteiger partial charge in [-0.05, 0) is 61.3 Å². The lowest BCUT2D eigenvalue weighted by atomic mass is 9.83. The molecule has 1 aromatic rings. The second kappa shape index (κ2) is 7.31. The molecule has 1 aromatic carbocycles. The second-order valence-corrected chi connectivity index (χ2v) is 6.86. The van der Waals surface area contributed by atoms with E-state index in [9.17, 15) is 5.11 Å². The first kappa shape index (κ1) is 16.4. The maximum absolute atomic E-state index is 10.2. The van der Waals surface area contributed by atoms with Gasteiger partial charge in [-0.25, -0.2) is 0 Å². The third kappa shape index (κ3) is 4.23. The number of aliphatic hydroxyl groups is 1. The van der Waals surface area contributed by atoms with Crippen molar-refractivity contribution in [2.45, 2.75) is 77.9 Å². The zero-order valence-corrected chi connectivity index (χ0v) is 13.9. The van der Waals surface area contributed by atoms with Crippen molar-refractivity contribution in [3.8, 4) is 5.75 Å². The molecular weight excluding hydrogens is 260 g/mol. The van der Waals surface area contributed by atoms with Gasteiger partial charge in [-0.1, -0.05) is 39.7 Å². The number of aryl methyl sites for hydroxylation is 1. The van der Waals surface area contributed by atoms with E-state index in [-0.39, 0.29) is 12.2 Å². The third-order valence-corrected chi connectivity index (χ3v) is 4.71. The molecule has 0 heterocycles. The highest BCUT2D eigenvalue weighted by molar-refractivity contribution is 5.36. The maximum atomic E-state index is 10.2. The summed E-state index contributed by atoms with van der Waals surface area (Å²) in [6.45, 7) is 8.79. The molecule has 1 N–H and O–H groups in total. The van der Waals surface area contributed by atoms with Crippen molar-refractivity contribution in [3.63, 3.8) is 0 Å². The Balaban J connectivity index is 2.04. The van der Waals surface area contributed by atoms with Gasteiger partial charge in [-0.2, -0.15) is 0 Å². The van der Waals surface area contributed by atoms with Crippen molar-refractivity contribution in [1.82, 2.24) is 0 Å². The summed E-state index contributed by atoms with van der Waals surface area (Å²) in [6, 6.07) is 6.33. The maximum Gasteiger partial charge on any atom is 0.125 e. The van der Waals surface area contributed by atoms with E-state index in [1.807, 2.05) is 0 Å². The van der Waals surface area contributed by atoms with Crippen molar-refractivity contribution in [2.24, 2.45) is 5.92 Å². The largest absolute Gasteiger partial charge is 0.488 e. The molecule has 0 saturated heterocycles. The van der Waals surface area contributed by atoms with Crippen LogP contribution >= 0.6 is 0 Å². The van der Waals surface area contributed by atoms with Crippen LogP contribution in [0.3, 0.4) is 0 Å². The van der Waals surface area contributed by atoms with Gasteiger partial charge in [0.1, 0.15) is 11.9 Å². The monoisotopic (exact) mass is 290 g/mol. The molecule has 0 aromatic heterocycles. The molecule has 0 spiro atoms. The van der Waals surface area contributed by atoms with E-state index in [1.54, 1.807) is 0 Å². The fourth-order valence-corrected chi connectivity index (χ4v) is 3.54. The Hall–Kier alpha value is -1.02. The smallest absolute Gasteiger partial charge is 0.125 e. The minimum atomic E-state index is -0.316. The quantitative estimate of drug-likeness (QED) is 0.842. The fraction of sp³-hybridized carbons (Fsp3) is 0.684. The van der Waals surface area contributed by atoms with E-state index in [4.69, 9.17) is 4.74 Å². The standard InChI is InChI=1S/C19H30O2/c1-5-6-15-7-10-18(20)19(12-15)21-16-8-9-17(13(2)3)14(4)11-16/h8-9,11,13,15,18-20H,5-7,10,12H2,1-4H3. The van der Waals surface area contributed by atoms with E-state index in [0.29, 0.717) is 11.8 Å². The fourth-order valence-electron chi connectivity index (χ4n) is 3.54. The van der Waals surface area contributed by atoms with Crippen LogP contribution in [0.15, 0.2) is 18.2 Å². The van der Waals surface area contributed by atoms with Gasteiger partial charge in [0, 0.05) is 0 Å². The van der Waals surface area contributed by atoms with Gasteiger partial charge in [0.15, 0.2) is 0 Å². The minimum Gasteiger partial charge on any atom is -0.488 e. The number of hydrogen-bond donors (Lipinski definition) is 1. The molecule has 0 radical (unpaired) electrons. The van der Waals surface area contributed by atoms with Crippen molar-refractivity contribution in [1.29, 1.82) is 0 Å². The van der Waals surface area contributed by atoms with E-state index in [0.717, 1.165) is 25.0 Å². The van der Waals surface area contributed by atoms with Crippen LogP contribution < -0.4 is 4.74 Å². The van der Waals surface area contributed by atoms with Crippen LogP contribution in [0.25, 0.3) is 0 Å². The molecule has 0 bridgehead atoms. The van der Waals surface area contributed by atoms with Crippen LogP contribution in [0.2, 0.25) is 0 Å². The predicted molar refractivity (Wildman–Crippen MR) is 87.9 cm³/mol. The summed E-state index contributed by atoms with van der Waals surface area (Å²) in [5, 5.41) is 10.2. The van der Waals surface area contributed by atoms with E-state index in [1.165, 1.54) is 24.0 Å². The van der Waals surface area contributed by atoms with Gasteiger partial charge in [0.05, 0.1) is 6.10 Å². The summed E-state index contributed by atoms with van der Waals surface area (Å²) in [4.78, 5) is 0. The zero-order valence-electron chi connectivity index (χ0n) is 13.9. The van der Waals surface area contributed by atoms with Crippen molar-refractivity contribution < 1.29 is 9.84 Å². The van der Waals surface area contributed by atoms with Gasteiger partial charge in [0.2, 0.25) is 0 Å². The highest BCUT2D eigenvalue weighted by atomic mass is 16.5. The highest BCUT2D eigenvalue weighted by Gasteiger charge is 2.30. The number of ether oxygens (including phenoxy) is 1. The first-order chi connectivity index (χ1) is 10.0. The van der Waals surface area contributed by atoms with Crippen LogP contribution in [0, 0.1) is 12.8 Å². The number of benzene rings is 1. The molecule has 1 aliphatic rings. The molecule has 2 heteroatoms. The summed E-state index contributed by atoms with van der Waals surface area (Å²) < 4.78 is 6.11. The van der Waals surface area contributed by atoms with Crippen LogP contribution in [-0.4, -0.2) is 17.3 Å². The molecule has 2 nitrogen and oxygen atoms in total. The normalized spacial score (nSPS) is 26.1. The summed E-state index contributed by atoms with van der Waals surface area (Å²) in [5.74, 6) is 2.14.